The summed E-state index contributed by atoms with van der Waals surface area (Å²) in [4.78, 5) is 11.7. The number of nitrogens with two attached hydrogens (primary N) is 1. The SMILES string of the molecule is Nc1c(N2N=CCOC2=O)ccc(-c2ccccc2F)c1C(F)(F)F. The summed E-state index contributed by atoms with van der Waals surface area (Å²) in [5.41, 5.74) is 2.71. The monoisotopic (exact) mass is 353 g/mol. The number of carbonyl (C=O) groups is 1. The summed E-state index contributed by atoms with van der Waals surface area (Å²) < 4.78 is 59.5. The van der Waals surface area contributed by atoms with Gasteiger partial charge in [0, 0.05) is 5.56 Å². The Bertz CT molecular complexity index is 865. The number of hydrogen-bond donors (Lipinski definition) is 1. The van der Waals surface area contributed by atoms with Crippen molar-refractivity contribution in [1.82, 2.24) is 0 Å². The molecule has 2 aromatic carbocycles. The van der Waals surface area contributed by atoms with Gasteiger partial charge in [-0.2, -0.15) is 23.3 Å². The number of cyclic esters (lactones) is 1. The van der Waals surface area contributed by atoms with Crippen LogP contribution in [0.15, 0.2) is 41.5 Å². The van der Waals surface area contributed by atoms with Crippen molar-refractivity contribution in [2.75, 3.05) is 17.3 Å². The molecule has 1 aliphatic heterocycles. The average molecular weight is 353 g/mol. The van der Waals surface area contributed by atoms with E-state index >= 15 is 0 Å². The molecule has 3 rings (SSSR count). The number of nitrogens with zero attached hydrogens (tertiary/aromatic N) is 2. The second kappa shape index (κ2) is 6.08. The number of hydrogen-bond acceptors (Lipinski definition) is 4. The molecular formula is C16H11F4N3O2. The lowest BCUT2D eigenvalue weighted by Crippen LogP contribution is -2.32. The molecule has 5 nitrogen and oxygen atoms in total. The van der Waals surface area contributed by atoms with E-state index in [0.717, 1.165) is 18.2 Å². The summed E-state index contributed by atoms with van der Waals surface area (Å²) in [6.07, 6.45) is -4.62. The molecule has 0 bridgehead atoms. The Morgan fingerprint density at radius 3 is 2.48 bits per heavy atom. The molecule has 1 heterocycles. The van der Waals surface area contributed by atoms with Crippen LogP contribution in [-0.2, 0) is 10.9 Å². The molecule has 25 heavy (non-hydrogen) atoms. The molecule has 0 aromatic heterocycles. The maximum absolute atomic E-state index is 14.0. The van der Waals surface area contributed by atoms with Gasteiger partial charge in [-0.25, -0.2) is 9.18 Å². The zero-order valence-corrected chi connectivity index (χ0v) is 12.5. The minimum atomic E-state index is -4.87. The van der Waals surface area contributed by atoms with Gasteiger partial charge in [-0.05, 0) is 17.7 Å². The van der Waals surface area contributed by atoms with Crippen LogP contribution in [0.5, 0.6) is 0 Å². The van der Waals surface area contributed by atoms with Gasteiger partial charge in [-0.1, -0.05) is 24.3 Å². The Balaban J connectivity index is 2.24. The van der Waals surface area contributed by atoms with Gasteiger partial charge in [0.2, 0.25) is 0 Å². The van der Waals surface area contributed by atoms with E-state index < -0.39 is 34.9 Å². The number of rotatable bonds is 2. The van der Waals surface area contributed by atoms with Gasteiger partial charge >= 0.3 is 12.3 Å². The van der Waals surface area contributed by atoms with Crippen molar-refractivity contribution < 1.29 is 27.1 Å². The van der Waals surface area contributed by atoms with Crippen LogP contribution < -0.4 is 10.7 Å². The summed E-state index contributed by atoms with van der Waals surface area (Å²) in [5.74, 6) is -0.824. The summed E-state index contributed by atoms with van der Waals surface area (Å²) in [5, 5.41) is 4.32. The first-order valence-electron chi connectivity index (χ1n) is 7.04. The third kappa shape index (κ3) is 3.00. The molecule has 0 saturated heterocycles. The number of hydrazone groups is 1. The van der Waals surface area contributed by atoms with Crippen LogP contribution in [0.25, 0.3) is 11.1 Å². The van der Waals surface area contributed by atoms with Crippen LogP contribution >= 0.6 is 0 Å². The van der Waals surface area contributed by atoms with E-state index in [2.05, 4.69) is 5.10 Å². The first-order valence-corrected chi connectivity index (χ1v) is 7.04. The Morgan fingerprint density at radius 1 is 1.12 bits per heavy atom. The number of amides is 1. The number of alkyl halides is 3. The van der Waals surface area contributed by atoms with Crippen molar-refractivity contribution in [3.63, 3.8) is 0 Å². The zero-order chi connectivity index (χ0) is 18.2. The summed E-state index contributed by atoms with van der Waals surface area (Å²) in [7, 11) is 0. The quantitative estimate of drug-likeness (QED) is 0.655. The Morgan fingerprint density at radius 2 is 1.84 bits per heavy atom. The van der Waals surface area contributed by atoms with Crippen LogP contribution in [0.1, 0.15) is 5.56 Å². The van der Waals surface area contributed by atoms with Crippen LogP contribution in [0.4, 0.5) is 33.7 Å². The molecule has 9 heteroatoms. The third-order valence-electron chi connectivity index (χ3n) is 3.55. The number of anilines is 2. The number of benzene rings is 2. The third-order valence-corrected chi connectivity index (χ3v) is 3.55. The lowest BCUT2D eigenvalue weighted by Gasteiger charge is -2.24. The molecule has 0 aliphatic carbocycles. The van der Waals surface area contributed by atoms with E-state index in [1.165, 1.54) is 24.4 Å². The predicted molar refractivity (Wildman–Crippen MR) is 83.6 cm³/mol. The molecular weight excluding hydrogens is 342 g/mol. The largest absolute Gasteiger partial charge is 0.442 e. The fourth-order valence-corrected chi connectivity index (χ4v) is 2.50. The van der Waals surface area contributed by atoms with Crippen LogP contribution in [0, 0.1) is 5.82 Å². The highest BCUT2D eigenvalue weighted by molar-refractivity contribution is 5.96. The van der Waals surface area contributed by atoms with Gasteiger partial charge in [0.15, 0.2) is 0 Å². The van der Waals surface area contributed by atoms with E-state index in [9.17, 15) is 22.4 Å². The lowest BCUT2D eigenvalue weighted by molar-refractivity contribution is -0.136. The molecule has 1 aliphatic rings. The van der Waals surface area contributed by atoms with Crippen molar-refractivity contribution in [1.29, 1.82) is 0 Å². The Labute approximate surface area is 139 Å². The van der Waals surface area contributed by atoms with Crippen LogP contribution in [-0.4, -0.2) is 18.9 Å². The second-order valence-corrected chi connectivity index (χ2v) is 5.09. The van der Waals surface area contributed by atoms with E-state index in [4.69, 9.17) is 10.5 Å². The maximum atomic E-state index is 14.0. The fourth-order valence-electron chi connectivity index (χ4n) is 2.50. The highest BCUT2D eigenvalue weighted by atomic mass is 19.4. The lowest BCUT2D eigenvalue weighted by atomic mass is 9.96. The Hall–Kier alpha value is -3.10. The normalized spacial score (nSPS) is 14.6. The smallest absolute Gasteiger partial charge is 0.435 e. The first-order chi connectivity index (χ1) is 11.8. The van der Waals surface area contributed by atoms with E-state index in [0.29, 0.717) is 5.01 Å². The molecule has 0 atom stereocenters. The average Bonchev–Trinajstić information content (AvgIpc) is 2.55. The molecule has 130 valence electrons. The summed E-state index contributed by atoms with van der Waals surface area (Å²) in [6.45, 7) is -0.0886. The molecule has 0 spiro atoms. The van der Waals surface area contributed by atoms with E-state index in [1.807, 2.05) is 0 Å². The zero-order valence-electron chi connectivity index (χ0n) is 12.5. The summed E-state index contributed by atoms with van der Waals surface area (Å²) in [6, 6.07) is 7.25. The predicted octanol–water partition coefficient (Wildman–Crippen LogP) is 4.04. The minimum absolute atomic E-state index is 0.0886. The number of halogens is 4. The number of ether oxygens (including phenoxy) is 1. The molecule has 0 fully saturated rings. The van der Waals surface area contributed by atoms with E-state index in [-0.39, 0.29) is 17.9 Å². The van der Waals surface area contributed by atoms with Crippen LogP contribution in [0.2, 0.25) is 0 Å². The highest BCUT2D eigenvalue weighted by Crippen LogP contribution is 2.45. The standard InChI is InChI=1S/C16H11F4N3O2/c17-11-4-2-1-3-9(11)10-5-6-12(14(21)13(10)16(18,19)20)23-15(24)25-8-7-22-23/h1-7H,8,21H2. The molecule has 0 saturated carbocycles. The molecule has 2 aromatic rings. The van der Waals surface area contributed by atoms with Crippen molar-refractivity contribution in [3.8, 4) is 11.1 Å². The first kappa shape index (κ1) is 16.7. The van der Waals surface area contributed by atoms with Gasteiger partial charge in [-0.3, -0.25) is 0 Å². The number of nitrogen functional groups attached to an aromatic ring is 1. The van der Waals surface area contributed by atoms with Crippen molar-refractivity contribution in [2.45, 2.75) is 6.18 Å². The van der Waals surface area contributed by atoms with Gasteiger partial charge < -0.3 is 10.5 Å². The summed E-state index contributed by atoms with van der Waals surface area (Å²) >= 11 is 0. The van der Waals surface area contributed by atoms with Gasteiger partial charge in [0.1, 0.15) is 12.4 Å². The molecule has 0 unspecified atom stereocenters. The second-order valence-electron chi connectivity index (χ2n) is 5.09. The van der Waals surface area contributed by atoms with Gasteiger partial charge in [-0.15, -0.1) is 0 Å². The highest BCUT2D eigenvalue weighted by Gasteiger charge is 2.39. The fraction of sp³-hybridized carbons (Fsp3) is 0.125. The van der Waals surface area contributed by atoms with Gasteiger partial charge in [0.05, 0.1) is 23.2 Å². The van der Waals surface area contributed by atoms with Crippen molar-refractivity contribution in [3.05, 3.63) is 47.8 Å². The minimum Gasteiger partial charge on any atom is -0.442 e. The molecule has 2 N–H and O–H groups in total. The molecule has 1 amide bonds. The maximum Gasteiger partial charge on any atom is 0.435 e. The molecule has 0 radical (unpaired) electrons. The van der Waals surface area contributed by atoms with Gasteiger partial charge in [0.25, 0.3) is 0 Å². The Kier molecular flexibility index (Phi) is 4.07. The van der Waals surface area contributed by atoms with E-state index in [1.54, 1.807) is 0 Å². The topological polar surface area (TPSA) is 67.9 Å². The van der Waals surface area contributed by atoms with Crippen molar-refractivity contribution >= 4 is 23.7 Å². The van der Waals surface area contributed by atoms with Crippen LogP contribution in [0.3, 0.4) is 0 Å². The number of carbonyl (C=O) groups excluding carboxylic acids is 1. The van der Waals surface area contributed by atoms with Crippen molar-refractivity contribution in [2.24, 2.45) is 5.10 Å².